The molecule has 1 fully saturated rings. The first-order chi connectivity index (χ1) is 17.5. The summed E-state index contributed by atoms with van der Waals surface area (Å²) in [6.45, 7) is 2.89. The summed E-state index contributed by atoms with van der Waals surface area (Å²) in [5.41, 5.74) is 3.02. The molecule has 36 heavy (non-hydrogen) atoms. The zero-order chi connectivity index (χ0) is 25.1. The van der Waals surface area contributed by atoms with Crippen LogP contribution >= 0.6 is 23.2 Å². The molecule has 0 saturated carbocycles. The Morgan fingerprint density at radius 2 is 1.47 bits per heavy atom. The fourth-order valence-electron chi connectivity index (χ4n) is 4.17. The van der Waals surface area contributed by atoms with Crippen molar-refractivity contribution in [1.82, 2.24) is 19.2 Å². The molecule has 184 valence electrons. The molecule has 4 aromatic rings. The molecule has 0 atom stereocenters. The summed E-state index contributed by atoms with van der Waals surface area (Å²) in [6, 6.07) is 22.4. The van der Waals surface area contributed by atoms with Gasteiger partial charge in [0.05, 0.1) is 28.0 Å². The monoisotopic (exact) mass is 522 g/mol. The van der Waals surface area contributed by atoms with Crippen LogP contribution in [0.1, 0.15) is 5.56 Å². The maximum absolute atomic E-state index is 12.8. The van der Waals surface area contributed by atoms with Crippen LogP contribution < -0.4 is 15.9 Å². The maximum Gasteiger partial charge on any atom is 0.350 e. The second-order valence-electron chi connectivity index (χ2n) is 8.44. The minimum Gasteiger partial charge on any atom is -0.368 e. The predicted octanol–water partition coefficient (Wildman–Crippen LogP) is 4.74. The van der Waals surface area contributed by atoms with E-state index in [9.17, 15) is 9.59 Å². The molecule has 1 aliphatic rings. The van der Waals surface area contributed by atoms with Gasteiger partial charge in [0.25, 0.3) is 0 Å². The van der Waals surface area contributed by atoms with Crippen LogP contribution in [-0.4, -0.2) is 51.5 Å². The van der Waals surface area contributed by atoms with E-state index in [1.54, 1.807) is 29.4 Å². The lowest BCUT2D eigenvalue weighted by atomic mass is 10.2. The Hall–Kier alpha value is -3.75. The Morgan fingerprint density at radius 3 is 2.14 bits per heavy atom. The van der Waals surface area contributed by atoms with Crippen molar-refractivity contribution in [3.8, 4) is 5.69 Å². The number of aromatic nitrogens is 3. The van der Waals surface area contributed by atoms with Gasteiger partial charge in [-0.1, -0.05) is 59.6 Å². The molecular formula is C26H24Cl2N6O2. The normalized spacial score (nSPS) is 13.6. The molecule has 0 spiro atoms. The molecule has 0 radical (unpaired) electrons. The minimum atomic E-state index is -0.230. The van der Waals surface area contributed by atoms with E-state index in [-0.39, 0.29) is 11.7 Å². The predicted molar refractivity (Wildman–Crippen MR) is 143 cm³/mol. The standard InChI is InChI=1S/C26H24Cl2N6O2/c27-22-7-4-8-23(28)24(22)30-25(35)32-15-13-31(14-16-32)20-9-11-21(12-10-20)33-18-29-34(26(33)36)17-19-5-2-1-3-6-19/h1-12,18H,13-17H2,(H,30,35). The molecule has 2 heterocycles. The summed E-state index contributed by atoms with van der Waals surface area (Å²) in [5, 5.41) is 7.88. The highest BCUT2D eigenvalue weighted by Gasteiger charge is 2.22. The van der Waals surface area contributed by atoms with Gasteiger partial charge in [0.1, 0.15) is 6.33 Å². The average molecular weight is 523 g/mol. The highest BCUT2D eigenvalue weighted by atomic mass is 35.5. The van der Waals surface area contributed by atoms with Gasteiger partial charge in [-0.2, -0.15) is 5.10 Å². The van der Waals surface area contributed by atoms with Crippen LogP contribution in [0.25, 0.3) is 5.69 Å². The highest BCUT2D eigenvalue weighted by molar-refractivity contribution is 6.39. The molecule has 0 aliphatic carbocycles. The van der Waals surface area contributed by atoms with Crippen molar-refractivity contribution in [2.24, 2.45) is 0 Å². The molecule has 1 N–H and O–H groups in total. The average Bonchev–Trinajstić information content (AvgIpc) is 3.26. The summed E-state index contributed by atoms with van der Waals surface area (Å²) in [6.07, 6.45) is 1.54. The second kappa shape index (κ2) is 10.5. The van der Waals surface area contributed by atoms with Crippen LogP contribution in [0.3, 0.4) is 0 Å². The summed E-state index contributed by atoms with van der Waals surface area (Å²) in [5.74, 6) is 0. The molecule has 5 rings (SSSR count). The van der Waals surface area contributed by atoms with Crippen LogP contribution in [-0.2, 0) is 6.54 Å². The van der Waals surface area contributed by atoms with E-state index in [0.29, 0.717) is 48.5 Å². The van der Waals surface area contributed by atoms with E-state index in [1.165, 1.54) is 9.25 Å². The number of hydrogen-bond acceptors (Lipinski definition) is 4. The number of carbonyl (C=O) groups is 1. The van der Waals surface area contributed by atoms with Gasteiger partial charge in [-0.15, -0.1) is 0 Å². The van der Waals surface area contributed by atoms with E-state index >= 15 is 0 Å². The summed E-state index contributed by atoms with van der Waals surface area (Å²) >= 11 is 12.3. The number of amides is 2. The lowest BCUT2D eigenvalue weighted by Gasteiger charge is -2.36. The molecule has 3 aromatic carbocycles. The number of urea groups is 1. The third kappa shape index (κ3) is 5.10. The second-order valence-corrected chi connectivity index (χ2v) is 9.26. The molecule has 1 saturated heterocycles. The van der Waals surface area contributed by atoms with Gasteiger partial charge < -0.3 is 15.1 Å². The molecular weight excluding hydrogens is 499 g/mol. The van der Waals surface area contributed by atoms with E-state index in [2.05, 4.69) is 15.3 Å². The fraction of sp³-hybridized carbons (Fsp3) is 0.192. The third-order valence-electron chi connectivity index (χ3n) is 6.16. The first-order valence-corrected chi connectivity index (χ1v) is 12.3. The lowest BCUT2D eigenvalue weighted by molar-refractivity contribution is 0.208. The lowest BCUT2D eigenvalue weighted by Crippen LogP contribution is -2.50. The molecule has 2 amide bonds. The molecule has 0 unspecified atom stereocenters. The van der Waals surface area contributed by atoms with Crippen molar-refractivity contribution >= 4 is 40.6 Å². The van der Waals surface area contributed by atoms with Crippen LogP contribution in [0, 0.1) is 0 Å². The van der Waals surface area contributed by atoms with Crippen LogP contribution in [0.4, 0.5) is 16.2 Å². The van der Waals surface area contributed by atoms with Crippen molar-refractivity contribution in [3.05, 3.63) is 105 Å². The number of anilines is 2. The Morgan fingerprint density at radius 1 is 0.833 bits per heavy atom. The molecule has 1 aromatic heterocycles. The van der Waals surface area contributed by atoms with E-state index < -0.39 is 0 Å². The largest absolute Gasteiger partial charge is 0.368 e. The Balaban J connectivity index is 1.20. The van der Waals surface area contributed by atoms with Crippen LogP contribution in [0.2, 0.25) is 10.0 Å². The number of halogens is 2. The quantitative estimate of drug-likeness (QED) is 0.410. The molecule has 0 bridgehead atoms. The van der Waals surface area contributed by atoms with E-state index in [0.717, 1.165) is 16.9 Å². The SMILES string of the molecule is O=C(Nc1c(Cl)cccc1Cl)N1CCN(c2ccc(-n3cnn(Cc4ccccc4)c3=O)cc2)CC1. The Labute approximate surface area is 218 Å². The van der Waals surface area contributed by atoms with Gasteiger partial charge in [0, 0.05) is 31.9 Å². The fourth-order valence-corrected chi connectivity index (χ4v) is 4.67. The maximum atomic E-state index is 12.8. The number of nitrogens with one attached hydrogen (secondary N) is 1. The number of para-hydroxylation sites is 1. The van der Waals surface area contributed by atoms with E-state index in [1.807, 2.05) is 54.6 Å². The minimum absolute atomic E-state index is 0.190. The van der Waals surface area contributed by atoms with Gasteiger partial charge in [-0.3, -0.25) is 0 Å². The zero-order valence-electron chi connectivity index (χ0n) is 19.3. The smallest absolute Gasteiger partial charge is 0.350 e. The summed E-state index contributed by atoms with van der Waals surface area (Å²) in [7, 11) is 0. The topological polar surface area (TPSA) is 75.4 Å². The molecule has 10 heteroatoms. The molecule has 1 aliphatic heterocycles. The molecule has 8 nitrogen and oxygen atoms in total. The summed E-state index contributed by atoms with van der Waals surface area (Å²) < 4.78 is 2.98. The first-order valence-electron chi connectivity index (χ1n) is 11.5. The number of carbonyl (C=O) groups excluding carboxylic acids is 1. The number of hydrogen-bond donors (Lipinski definition) is 1. The number of nitrogens with zero attached hydrogens (tertiary/aromatic N) is 5. The van der Waals surface area contributed by atoms with Crippen LogP contribution in [0.15, 0.2) is 83.9 Å². The number of rotatable bonds is 5. The van der Waals surface area contributed by atoms with Crippen molar-refractivity contribution in [3.63, 3.8) is 0 Å². The Kier molecular flexibility index (Phi) is 6.97. The van der Waals surface area contributed by atoms with Gasteiger partial charge >= 0.3 is 11.7 Å². The van der Waals surface area contributed by atoms with Gasteiger partial charge in [0.15, 0.2) is 0 Å². The highest BCUT2D eigenvalue weighted by Crippen LogP contribution is 2.30. The third-order valence-corrected chi connectivity index (χ3v) is 6.79. The van der Waals surface area contributed by atoms with Crippen LogP contribution in [0.5, 0.6) is 0 Å². The van der Waals surface area contributed by atoms with Gasteiger partial charge in [0.2, 0.25) is 0 Å². The van der Waals surface area contributed by atoms with Crippen molar-refractivity contribution in [2.75, 3.05) is 36.4 Å². The zero-order valence-corrected chi connectivity index (χ0v) is 20.9. The summed E-state index contributed by atoms with van der Waals surface area (Å²) in [4.78, 5) is 29.5. The van der Waals surface area contributed by atoms with Gasteiger partial charge in [-0.05, 0) is 42.0 Å². The first kappa shape index (κ1) is 24.0. The Bertz CT molecular complexity index is 1390. The van der Waals surface area contributed by atoms with Crippen molar-refractivity contribution in [2.45, 2.75) is 6.54 Å². The number of benzene rings is 3. The van der Waals surface area contributed by atoms with Crippen molar-refractivity contribution < 1.29 is 4.79 Å². The van der Waals surface area contributed by atoms with E-state index in [4.69, 9.17) is 23.2 Å². The number of piperazine rings is 1. The van der Waals surface area contributed by atoms with Crippen molar-refractivity contribution in [1.29, 1.82) is 0 Å². The van der Waals surface area contributed by atoms with Gasteiger partial charge in [-0.25, -0.2) is 18.8 Å².